The second kappa shape index (κ2) is 6.62. The molecule has 1 aromatic carbocycles. The number of carbonyl (C=O) groups is 1. The number of carbonyl (C=O) groups excluding carboxylic acids is 1. The van der Waals surface area contributed by atoms with Crippen molar-refractivity contribution in [3.8, 4) is 0 Å². The van der Waals surface area contributed by atoms with Gasteiger partial charge in [-0.1, -0.05) is 23.7 Å². The lowest BCUT2D eigenvalue weighted by molar-refractivity contribution is 0.0631. The maximum absolute atomic E-state index is 12.9. The Morgan fingerprint density at radius 3 is 2.88 bits per heavy atom. The highest BCUT2D eigenvalue weighted by molar-refractivity contribution is 6.30. The quantitative estimate of drug-likeness (QED) is 0.828. The average Bonchev–Trinajstić information content (AvgIpc) is 2.59. The molecule has 7 nitrogen and oxygen atoms in total. The van der Waals surface area contributed by atoms with Gasteiger partial charge in [0, 0.05) is 37.9 Å². The number of nitrogens with zero attached hydrogens (tertiary/aromatic N) is 2. The van der Waals surface area contributed by atoms with Crippen LogP contribution in [0.2, 0.25) is 5.02 Å². The van der Waals surface area contributed by atoms with E-state index in [1.54, 1.807) is 11.0 Å². The van der Waals surface area contributed by atoms with Gasteiger partial charge in [-0.15, -0.1) is 0 Å². The number of piperazine rings is 1. The molecule has 1 aromatic heterocycles. The van der Waals surface area contributed by atoms with Crippen molar-refractivity contribution >= 4 is 17.5 Å². The molecule has 2 heterocycles. The lowest BCUT2D eigenvalue weighted by atomic mass is 10.0. The monoisotopic (exact) mass is 348 g/mol. The van der Waals surface area contributed by atoms with E-state index in [2.05, 4.69) is 10.3 Å². The van der Waals surface area contributed by atoms with Crippen LogP contribution in [0.5, 0.6) is 0 Å². The van der Waals surface area contributed by atoms with Crippen LogP contribution in [0.25, 0.3) is 0 Å². The number of amides is 1. The summed E-state index contributed by atoms with van der Waals surface area (Å²) < 4.78 is 0.893. The Hall–Kier alpha value is -2.38. The maximum Gasteiger partial charge on any atom is 0.328 e. The van der Waals surface area contributed by atoms with Crippen molar-refractivity contribution < 1.29 is 4.79 Å². The summed E-state index contributed by atoms with van der Waals surface area (Å²) in [4.78, 5) is 40.6. The van der Waals surface area contributed by atoms with E-state index < -0.39 is 17.2 Å². The van der Waals surface area contributed by atoms with Crippen molar-refractivity contribution in [2.24, 2.45) is 7.05 Å². The smallest absolute Gasteiger partial charge is 0.328 e. The zero-order valence-corrected chi connectivity index (χ0v) is 13.8. The molecular formula is C16H17ClN4O3. The van der Waals surface area contributed by atoms with Crippen LogP contribution in [0.1, 0.15) is 22.0 Å². The van der Waals surface area contributed by atoms with E-state index in [1.165, 1.54) is 13.2 Å². The summed E-state index contributed by atoms with van der Waals surface area (Å²) in [6, 6.07) is 7.07. The Morgan fingerprint density at radius 2 is 2.12 bits per heavy atom. The summed E-state index contributed by atoms with van der Waals surface area (Å²) in [7, 11) is 1.34. The number of rotatable bonds is 2. The molecule has 1 aliphatic heterocycles. The van der Waals surface area contributed by atoms with Crippen LogP contribution in [-0.4, -0.2) is 40.0 Å². The Kier molecular flexibility index (Phi) is 4.55. The van der Waals surface area contributed by atoms with Crippen LogP contribution in [0.15, 0.2) is 40.1 Å². The van der Waals surface area contributed by atoms with E-state index >= 15 is 0 Å². The maximum atomic E-state index is 12.9. The fourth-order valence-electron chi connectivity index (χ4n) is 2.83. The summed E-state index contributed by atoms with van der Waals surface area (Å²) in [5.74, 6) is -0.404. The van der Waals surface area contributed by atoms with E-state index in [0.717, 1.165) is 10.1 Å². The molecule has 3 rings (SSSR count). The third-order valence-corrected chi connectivity index (χ3v) is 4.38. The molecule has 1 saturated heterocycles. The predicted octanol–water partition coefficient (Wildman–Crippen LogP) is 0.514. The molecule has 0 aliphatic carbocycles. The van der Waals surface area contributed by atoms with Gasteiger partial charge in [-0.25, -0.2) is 4.79 Å². The summed E-state index contributed by atoms with van der Waals surface area (Å²) in [6.07, 6.45) is 1.18. The first-order valence-corrected chi connectivity index (χ1v) is 7.92. The van der Waals surface area contributed by atoms with Crippen LogP contribution < -0.4 is 16.6 Å². The Bertz CT molecular complexity index is 889. The van der Waals surface area contributed by atoms with Gasteiger partial charge in [-0.2, -0.15) is 0 Å². The number of halogens is 1. The number of aromatic amines is 1. The third-order valence-electron chi connectivity index (χ3n) is 4.15. The van der Waals surface area contributed by atoms with Crippen LogP contribution in [0, 0.1) is 0 Å². The minimum absolute atomic E-state index is 0.0500. The van der Waals surface area contributed by atoms with E-state index in [9.17, 15) is 14.4 Å². The highest BCUT2D eigenvalue weighted by Crippen LogP contribution is 2.25. The first-order chi connectivity index (χ1) is 11.5. The Balaban J connectivity index is 1.99. The van der Waals surface area contributed by atoms with Crippen LogP contribution in [0.4, 0.5) is 0 Å². The van der Waals surface area contributed by atoms with E-state index in [1.807, 2.05) is 18.2 Å². The molecule has 0 bridgehead atoms. The van der Waals surface area contributed by atoms with E-state index in [4.69, 9.17) is 11.6 Å². The van der Waals surface area contributed by atoms with Gasteiger partial charge in [-0.3, -0.25) is 14.2 Å². The first kappa shape index (κ1) is 16.5. The topological polar surface area (TPSA) is 87.2 Å². The zero-order chi connectivity index (χ0) is 17.3. The lowest BCUT2D eigenvalue weighted by Crippen LogP contribution is -2.50. The minimum Gasteiger partial charge on any atom is -0.329 e. The van der Waals surface area contributed by atoms with Crippen molar-refractivity contribution in [2.75, 3.05) is 19.6 Å². The third kappa shape index (κ3) is 3.00. The van der Waals surface area contributed by atoms with Crippen LogP contribution in [-0.2, 0) is 7.05 Å². The molecule has 0 spiro atoms. The first-order valence-electron chi connectivity index (χ1n) is 7.55. The van der Waals surface area contributed by atoms with Gasteiger partial charge in [0.05, 0.1) is 6.04 Å². The second-order valence-corrected chi connectivity index (χ2v) is 6.08. The molecule has 0 radical (unpaired) electrons. The van der Waals surface area contributed by atoms with Gasteiger partial charge in [0.2, 0.25) is 0 Å². The normalized spacial score (nSPS) is 17.8. The Morgan fingerprint density at radius 1 is 1.33 bits per heavy atom. The number of H-pyrrole nitrogens is 1. The summed E-state index contributed by atoms with van der Waals surface area (Å²) in [5, 5.41) is 3.83. The van der Waals surface area contributed by atoms with Gasteiger partial charge in [0.25, 0.3) is 11.5 Å². The molecule has 1 unspecified atom stereocenters. The van der Waals surface area contributed by atoms with Crippen molar-refractivity contribution in [2.45, 2.75) is 6.04 Å². The molecule has 1 aliphatic rings. The van der Waals surface area contributed by atoms with E-state index in [0.29, 0.717) is 24.7 Å². The van der Waals surface area contributed by atoms with Gasteiger partial charge in [-0.05, 0) is 17.7 Å². The largest absolute Gasteiger partial charge is 0.329 e. The minimum atomic E-state index is -0.605. The SMILES string of the molecule is Cn1c(=O)[nH]cc(C(=O)N2CCNCC2c2cccc(Cl)c2)c1=O. The molecule has 2 aromatic rings. The van der Waals surface area contributed by atoms with Gasteiger partial charge in [0.15, 0.2) is 0 Å². The molecule has 8 heteroatoms. The average molecular weight is 349 g/mol. The number of hydrogen-bond acceptors (Lipinski definition) is 4. The number of nitrogens with one attached hydrogen (secondary N) is 2. The number of aromatic nitrogens is 2. The van der Waals surface area contributed by atoms with Crippen molar-refractivity contribution in [1.29, 1.82) is 0 Å². The zero-order valence-electron chi connectivity index (χ0n) is 13.1. The lowest BCUT2D eigenvalue weighted by Gasteiger charge is -2.36. The van der Waals surface area contributed by atoms with E-state index in [-0.39, 0.29) is 11.6 Å². The highest BCUT2D eigenvalue weighted by atomic mass is 35.5. The van der Waals surface area contributed by atoms with Gasteiger partial charge < -0.3 is 15.2 Å². The molecule has 0 saturated carbocycles. The summed E-state index contributed by atoms with van der Waals surface area (Å²) in [5.41, 5.74) is -0.314. The van der Waals surface area contributed by atoms with Gasteiger partial charge in [0.1, 0.15) is 5.56 Å². The fourth-order valence-corrected chi connectivity index (χ4v) is 3.03. The van der Waals surface area contributed by atoms with Gasteiger partial charge >= 0.3 is 5.69 Å². The molecule has 1 atom stereocenters. The molecule has 1 fully saturated rings. The number of benzene rings is 1. The van der Waals surface area contributed by atoms with Crippen molar-refractivity contribution in [3.63, 3.8) is 0 Å². The molecule has 126 valence electrons. The second-order valence-electron chi connectivity index (χ2n) is 5.65. The summed E-state index contributed by atoms with van der Waals surface area (Å²) in [6.45, 7) is 1.65. The molecule has 2 N–H and O–H groups in total. The van der Waals surface area contributed by atoms with Crippen molar-refractivity contribution in [3.05, 3.63) is 67.4 Å². The predicted molar refractivity (Wildman–Crippen MR) is 90.4 cm³/mol. The van der Waals surface area contributed by atoms with Crippen LogP contribution >= 0.6 is 11.6 Å². The summed E-state index contributed by atoms with van der Waals surface area (Å²) >= 11 is 6.05. The fraction of sp³-hybridized carbons (Fsp3) is 0.312. The highest BCUT2D eigenvalue weighted by Gasteiger charge is 2.30. The standard InChI is InChI=1S/C16H17ClN4O3/c1-20-14(22)12(8-19-16(20)24)15(23)21-6-5-18-9-13(21)10-3-2-4-11(17)7-10/h2-4,7-8,13,18H,5-6,9H2,1H3,(H,19,24). The van der Waals surface area contributed by atoms with Crippen LogP contribution in [0.3, 0.4) is 0 Å². The molecular weight excluding hydrogens is 332 g/mol. The Labute approximate surface area is 142 Å². The number of hydrogen-bond donors (Lipinski definition) is 2. The molecule has 24 heavy (non-hydrogen) atoms. The van der Waals surface area contributed by atoms with Crippen molar-refractivity contribution in [1.82, 2.24) is 19.8 Å². The molecule has 1 amide bonds.